The number of para-hydroxylation sites is 1. The van der Waals surface area contributed by atoms with Crippen molar-refractivity contribution >= 4 is 34.7 Å². The third-order valence-electron chi connectivity index (χ3n) is 4.68. The largest absolute Gasteiger partial charge is 0.332 e. The number of carbonyl (C=O) groups excluding carboxylic acids is 1. The first-order valence-corrected chi connectivity index (χ1v) is 9.95. The molecule has 0 aliphatic heterocycles. The van der Waals surface area contributed by atoms with Gasteiger partial charge in [-0.15, -0.1) is 0 Å². The minimum atomic E-state index is -0.0630. The molecule has 1 amide bonds. The van der Waals surface area contributed by atoms with E-state index in [0.29, 0.717) is 23.1 Å². The summed E-state index contributed by atoms with van der Waals surface area (Å²) in [6, 6.07) is 13.4. The smallest absolute Gasteiger partial charge is 0.262 e. The van der Waals surface area contributed by atoms with E-state index in [2.05, 4.69) is 16.4 Å². The van der Waals surface area contributed by atoms with Crippen molar-refractivity contribution in [3.63, 3.8) is 0 Å². The SMILES string of the molecule is Cc1cc(C)cc(NC(=O)CCCCCn2c(=S)[nH]c3ccccc3c2=O)c1. The second-order valence-electron chi connectivity index (χ2n) is 7.17. The molecule has 0 aliphatic rings. The Kier molecular flexibility index (Phi) is 6.41. The molecule has 0 radical (unpaired) electrons. The number of unbranched alkanes of at least 4 members (excludes halogenated alkanes) is 2. The van der Waals surface area contributed by atoms with Crippen LogP contribution in [0.15, 0.2) is 47.3 Å². The Morgan fingerprint density at radius 1 is 1.07 bits per heavy atom. The molecule has 0 saturated heterocycles. The molecule has 1 heterocycles. The quantitative estimate of drug-likeness (QED) is 0.443. The molecule has 0 atom stereocenters. The lowest BCUT2D eigenvalue weighted by molar-refractivity contribution is -0.116. The third kappa shape index (κ3) is 4.95. The lowest BCUT2D eigenvalue weighted by atomic mass is 10.1. The highest BCUT2D eigenvalue weighted by Gasteiger charge is 2.06. The lowest BCUT2D eigenvalue weighted by Gasteiger charge is -2.09. The van der Waals surface area contributed by atoms with Crippen LogP contribution in [0.2, 0.25) is 0 Å². The van der Waals surface area contributed by atoms with E-state index in [1.165, 1.54) is 0 Å². The fraction of sp³-hybridized carbons (Fsp3) is 0.318. The maximum absolute atomic E-state index is 12.6. The number of aromatic nitrogens is 2. The first-order chi connectivity index (χ1) is 13.4. The zero-order chi connectivity index (χ0) is 20.1. The van der Waals surface area contributed by atoms with E-state index in [1.54, 1.807) is 10.6 Å². The summed E-state index contributed by atoms with van der Waals surface area (Å²) in [7, 11) is 0. The van der Waals surface area contributed by atoms with Crippen molar-refractivity contribution in [3.05, 3.63) is 68.7 Å². The van der Waals surface area contributed by atoms with Gasteiger partial charge in [-0.05, 0) is 74.3 Å². The second-order valence-corrected chi connectivity index (χ2v) is 7.55. The molecule has 28 heavy (non-hydrogen) atoms. The summed E-state index contributed by atoms with van der Waals surface area (Å²) in [5, 5.41) is 3.60. The van der Waals surface area contributed by atoms with Crippen LogP contribution < -0.4 is 10.9 Å². The predicted octanol–water partition coefficient (Wildman–Crippen LogP) is 4.88. The van der Waals surface area contributed by atoms with Crippen molar-refractivity contribution in [2.75, 3.05) is 5.32 Å². The summed E-state index contributed by atoms with van der Waals surface area (Å²) in [4.78, 5) is 27.8. The fourth-order valence-electron chi connectivity index (χ4n) is 3.40. The van der Waals surface area contributed by atoms with Crippen molar-refractivity contribution in [1.29, 1.82) is 0 Å². The number of carbonyl (C=O) groups is 1. The number of nitrogens with one attached hydrogen (secondary N) is 2. The highest BCUT2D eigenvalue weighted by atomic mass is 32.1. The number of aryl methyl sites for hydroxylation is 2. The van der Waals surface area contributed by atoms with E-state index >= 15 is 0 Å². The summed E-state index contributed by atoms with van der Waals surface area (Å²) >= 11 is 5.32. The van der Waals surface area contributed by atoms with Gasteiger partial charge in [0.1, 0.15) is 0 Å². The number of amides is 1. The van der Waals surface area contributed by atoms with Crippen molar-refractivity contribution in [2.45, 2.75) is 46.1 Å². The number of anilines is 1. The van der Waals surface area contributed by atoms with Crippen LogP contribution in [0.25, 0.3) is 10.9 Å². The molecule has 0 aliphatic carbocycles. The van der Waals surface area contributed by atoms with E-state index in [1.807, 2.05) is 44.2 Å². The van der Waals surface area contributed by atoms with Crippen LogP contribution in [-0.2, 0) is 11.3 Å². The van der Waals surface area contributed by atoms with Gasteiger partial charge in [-0.3, -0.25) is 14.2 Å². The van der Waals surface area contributed by atoms with Gasteiger partial charge >= 0.3 is 0 Å². The zero-order valence-corrected chi connectivity index (χ0v) is 17.1. The van der Waals surface area contributed by atoms with E-state index < -0.39 is 0 Å². The van der Waals surface area contributed by atoms with Crippen molar-refractivity contribution in [1.82, 2.24) is 9.55 Å². The number of H-pyrrole nitrogens is 1. The van der Waals surface area contributed by atoms with Crippen molar-refractivity contribution < 1.29 is 4.79 Å². The molecule has 0 spiro atoms. The molecule has 146 valence electrons. The fourth-order valence-corrected chi connectivity index (χ4v) is 3.69. The van der Waals surface area contributed by atoms with Gasteiger partial charge < -0.3 is 10.3 Å². The zero-order valence-electron chi connectivity index (χ0n) is 16.2. The third-order valence-corrected chi connectivity index (χ3v) is 5.00. The maximum atomic E-state index is 12.6. The molecule has 0 bridgehead atoms. The van der Waals surface area contributed by atoms with E-state index in [9.17, 15) is 9.59 Å². The van der Waals surface area contributed by atoms with Gasteiger partial charge in [0.05, 0.1) is 10.9 Å². The number of fused-ring (bicyclic) bond motifs is 1. The van der Waals surface area contributed by atoms with Crippen molar-refractivity contribution in [2.24, 2.45) is 0 Å². The summed E-state index contributed by atoms with van der Waals surface area (Å²) in [6.07, 6.45) is 2.89. The molecule has 5 nitrogen and oxygen atoms in total. The molecular formula is C22H25N3O2S. The molecule has 3 aromatic rings. The second kappa shape index (κ2) is 8.97. The van der Waals surface area contributed by atoms with Gasteiger partial charge in [0, 0.05) is 18.7 Å². The summed E-state index contributed by atoms with van der Waals surface area (Å²) in [6.45, 7) is 4.59. The van der Waals surface area contributed by atoms with Crippen LogP contribution in [0, 0.1) is 18.6 Å². The Hall–Kier alpha value is -2.73. The molecule has 2 aromatic carbocycles. The van der Waals surface area contributed by atoms with E-state index in [4.69, 9.17) is 12.2 Å². The minimum absolute atomic E-state index is 0.0187. The summed E-state index contributed by atoms with van der Waals surface area (Å²) in [5.74, 6) is 0.0187. The highest BCUT2D eigenvalue weighted by molar-refractivity contribution is 7.71. The minimum Gasteiger partial charge on any atom is -0.332 e. The Balaban J connectivity index is 1.50. The molecule has 0 saturated carbocycles. The summed E-state index contributed by atoms with van der Waals surface area (Å²) < 4.78 is 2.05. The predicted molar refractivity (Wildman–Crippen MR) is 116 cm³/mol. The van der Waals surface area contributed by atoms with Crippen LogP contribution in [0.5, 0.6) is 0 Å². The molecule has 6 heteroatoms. The first-order valence-electron chi connectivity index (χ1n) is 9.54. The number of benzene rings is 2. The van der Waals surface area contributed by atoms with Crippen LogP contribution >= 0.6 is 12.2 Å². The van der Waals surface area contributed by atoms with Gasteiger partial charge in [-0.25, -0.2) is 0 Å². The topological polar surface area (TPSA) is 66.9 Å². The van der Waals surface area contributed by atoms with Crippen LogP contribution in [-0.4, -0.2) is 15.5 Å². The normalized spacial score (nSPS) is 10.9. The monoisotopic (exact) mass is 395 g/mol. The number of aromatic amines is 1. The number of rotatable bonds is 7. The lowest BCUT2D eigenvalue weighted by Crippen LogP contribution is -2.22. The first kappa shape index (κ1) is 20.0. The molecule has 2 N–H and O–H groups in total. The summed E-state index contributed by atoms with van der Waals surface area (Å²) in [5.41, 5.74) is 3.81. The molecule has 0 fully saturated rings. The Labute approximate surface area is 169 Å². The average molecular weight is 396 g/mol. The molecular weight excluding hydrogens is 370 g/mol. The standard InChI is InChI=1S/C22H25N3O2S/c1-15-12-16(2)14-17(13-15)23-20(26)10-4-3-7-11-25-21(27)18-8-5-6-9-19(18)24-22(25)28/h5-6,8-9,12-14H,3-4,7,10-11H2,1-2H3,(H,23,26)(H,24,28). The maximum Gasteiger partial charge on any atom is 0.262 e. The molecule has 1 aromatic heterocycles. The van der Waals surface area contributed by atoms with Crippen molar-refractivity contribution in [3.8, 4) is 0 Å². The van der Waals surface area contributed by atoms with E-state index in [0.717, 1.165) is 41.6 Å². The molecule has 0 unspecified atom stereocenters. The number of hydrogen-bond acceptors (Lipinski definition) is 3. The Morgan fingerprint density at radius 2 is 1.79 bits per heavy atom. The van der Waals surface area contributed by atoms with Gasteiger partial charge in [-0.1, -0.05) is 24.6 Å². The van der Waals surface area contributed by atoms with Gasteiger partial charge in [-0.2, -0.15) is 0 Å². The van der Waals surface area contributed by atoms with E-state index in [-0.39, 0.29) is 11.5 Å². The Morgan fingerprint density at radius 3 is 2.54 bits per heavy atom. The number of hydrogen-bond donors (Lipinski definition) is 2. The Bertz CT molecular complexity index is 1090. The van der Waals surface area contributed by atoms with Crippen LogP contribution in [0.1, 0.15) is 36.8 Å². The molecule has 3 rings (SSSR count). The average Bonchev–Trinajstić information content (AvgIpc) is 2.63. The van der Waals surface area contributed by atoms with Crippen LogP contribution in [0.3, 0.4) is 0 Å². The van der Waals surface area contributed by atoms with Gasteiger partial charge in [0.25, 0.3) is 5.56 Å². The van der Waals surface area contributed by atoms with Gasteiger partial charge in [0.15, 0.2) is 4.77 Å². The number of nitrogens with zero attached hydrogens (tertiary/aromatic N) is 1. The van der Waals surface area contributed by atoms with Gasteiger partial charge in [0.2, 0.25) is 5.91 Å². The van der Waals surface area contributed by atoms with Crippen LogP contribution in [0.4, 0.5) is 5.69 Å². The highest BCUT2D eigenvalue weighted by Crippen LogP contribution is 2.14.